The van der Waals surface area contributed by atoms with E-state index in [4.69, 9.17) is 4.74 Å². The van der Waals surface area contributed by atoms with E-state index in [0.717, 1.165) is 25.5 Å². The highest BCUT2D eigenvalue weighted by atomic mass is 16.5. The molecule has 1 aliphatic carbocycles. The lowest BCUT2D eigenvalue weighted by Gasteiger charge is -2.36. The Morgan fingerprint density at radius 1 is 1.37 bits per heavy atom. The van der Waals surface area contributed by atoms with E-state index in [-0.39, 0.29) is 0 Å². The van der Waals surface area contributed by atoms with Crippen molar-refractivity contribution in [2.24, 2.45) is 0 Å². The summed E-state index contributed by atoms with van der Waals surface area (Å²) >= 11 is 0. The highest BCUT2D eigenvalue weighted by Gasteiger charge is 2.34. The van der Waals surface area contributed by atoms with Crippen LogP contribution in [-0.4, -0.2) is 24.2 Å². The van der Waals surface area contributed by atoms with Crippen LogP contribution in [0.15, 0.2) is 18.2 Å². The summed E-state index contributed by atoms with van der Waals surface area (Å²) in [6.45, 7) is 3.92. The van der Waals surface area contributed by atoms with E-state index in [1.54, 1.807) is 0 Å². The Kier molecular flexibility index (Phi) is 2.55. The number of nitrogens with one attached hydrogen (secondary N) is 2. The molecule has 2 heterocycles. The molecule has 1 saturated heterocycles. The standard InChI is InChI=1S/C16H20N2O/c1-2-19-16-12-9-14-10(6-4-8-17-14)11-5-3-7-13(18-16)15(11)12/h3,5,7,10,14,17-18H,2,4,6,8-9H2,1H3/t10?,14-/m1/s1. The molecule has 2 atom stereocenters. The maximum atomic E-state index is 5.80. The first kappa shape index (κ1) is 11.4. The minimum absolute atomic E-state index is 0.585. The van der Waals surface area contributed by atoms with Crippen molar-refractivity contribution in [2.45, 2.75) is 38.1 Å². The Balaban J connectivity index is 1.92. The van der Waals surface area contributed by atoms with E-state index in [9.17, 15) is 0 Å². The molecular weight excluding hydrogens is 236 g/mol. The lowest BCUT2D eigenvalue weighted by Crippen LogP contribution is -2.43. The molecule has 2 N–H and O–H groups in total. The third-order valence-electron chi connectivity index (χ3n) is 4.62. The van der Waals surface area contributed by atoms with Crippen LogP contribution in [0, 0.1) is 0 Å². The molecule has 0 amide bonds. The van der Waals surface area contributed by atoms with Crippen molar-refractivity contribution >= 4 is 10.9 Å². The topological polar surface area (TPSA) is 37.0 Å². The number of hydrogen-bond acceptors (Lipinski definition) is 2. The van der Waals surface area contributed by atoms with Gasteiger partial charge in [0.1, 0.15) is 0 Å². The first-order valence-electron chi connectivity index (χ1n) is 7.38. The third-order valence-corrected chi connectivity index (χ3v) is 4.62. The van der Waals surface area contributed by atoms with Gasteiger partial charge in [-0.25, -0.2) is 0 Å². The van der Waals surface area contributed by atoms with Gasteiger partial charge in [0.2, 0.25) is 0 Å². The van der Waals surface area contributed by atoms with Crippen molar-refractivity contribution in [3.8, 4) is 5.88 Å². The molecule has 0 saturated carbocycles. The molecule has 3 nitrogen and oxygen atoms in total. The lowest BCUT2D eigenvalue weighted by atomic mass is 9.76. The van der Waals surface area contributed by atoms with Crippen LogP contribution in [0.5, 0.6) is 5.88 Å². The summed E-state index contributed by atoms with van der Waals surface area (Å²) in [5.41, 5.74) is 4.13. The molecule has 1 aromatic heterocycles. The molecule has 100 valence electrons. The molecular formula is C16H20N2O. The van der Waals surface area contributed by atoms with E-state index in [0.29, 0.717) is 12.0 Å². The molecule has 0 spiro atoms. The van der Waals surface area contributed by atoms with Crippen LogP contribution in [0.2, 0.25) is 0 Å². The van der Waals surface area contributed by atoms with Crippen molar-refractivity contribution in [1.29, 1.82) is 0 Å². The summed E-state index contributed by atoms with van der Waals surface area (Å²) in [6.07, 6.45) is 3.69. The normalized spacial score (nSPS) is 25.3. The maximum absolute atomic E-state index is 5.80. The second-order valence-electron chi connectivity index (χ2n) is 5.65. The van der Waals surface area contributed by atoms with Crippen molar-refractivity contribution in [2.75, 3.05) is 13.2 Å². The number of fused-ring (bicyclic) bond motifs is 2. The van der Waals surface area contributed by atoms with E-state index in [1.807, 2.05) is 6.92 Å². The Morgan fingerprint density at radius 2 is 2.32 bits per heavy atom. The number of rotatable bonds is 2. The Morgan fingerprint density at radius 3 is 3.21 bits per heavy atom. The van der Waals surface area contributed by atoms with Gasteiger partial charge in [0.05, 0.1) is 6.61 Å². The number of piperidine rings is 1. The molecule has 1 aliphatic heterocycles. The summed E-state index contributed by atoms with van der Waals surface area (Å²) in [4.78, 5) is 3.46. The summed E-state index contributed by atoms with van der Waals surface area (Å²) in [5.74, 6) is 1.66. The molecule has 19 heavy (non-hydrogen) atoms. The Labute approximate surface area is 113 Å². The first-order valence-corrected chi connectivity index (χ1v) is 7.38. The fourth-order valence-corrected chi connectivity index (χ4v) is 3.85. The minimum atomic E-state index is 0.585. The summed E-state index contributed by atoms with van der Waals surface area (Å²) in [5, 5.41) is 5.12. The van der Waals surface area contributed by atoms with Crippen LogP contribution in [0.1, 0.15) is 36.8 Å². The quantitative estimate of drug-likeness (QED) is 0.866. The monoisotopic (exact) mass is 256 g/mol. The van der Waals surface area contributed by atoms with Gasteiger partial charge in [0.25, 0.3) is 0 Å². The highest BCUT2D eigenvalue weighted by molar-refractivity contribution is 5.90. The van der Waals surface area contributed by atoms with Gasteiger partial charge in [-0.3, -0.25) is 0 Å². The van der Waals surface area contributed by atoms with Crippen LogP contribution in [0.25, 0.3) is 10.9 Å². The average molecular weight is 256 g/mol. The number of ether oxygens (including phenoxy) is 1. The van der Waals surface area contributed by atoms with Gasteiger partial charge in [0, 0.05) is 28.4 Å². The number of aromatic amines is 1. The zero-order chi connectivity index (χ0) is 12.8. The largest absolute Gasteiger partial charge is 0.479 e. The van der Waals surface area contributed by atoms with E-state index in [2.05, 4.69) is 28.5 Å². The van der Waals surface area contributed by atoms with Gasteiger partial charge < -0.3 is 15.0 Å². The minimum Gasteiger partial charge on any atom is -0.479 e. The van der Waals surface area contributed by atoms with Gasteiger partial charge in [-0.15, -0.1) is 0 Å². The van der Waals surface area contributed by atoms with Crippen LogP contribution in [0.4, 0.5) is 0 Å². The first-order chi connectivity index (χ1) is 9.38. The molecule has 1 unspecified atom stereocenters. The van der Waals surface area contributed by atoms with Crippen molar-refractivity contribution in [1.82, 2.24) is 10.3 Å². The maximum Gasteiger partial charge on any atom is 0.195 e. The summed E-state index contributed by atoms with van der Waals surface area (Å²) in [6, 6.07) is 7.23. The van der Waals surface area contributed by atoms with Gasteiger partial charge >= 0.3 is 0 Å². The zero-order valence-corrected chi connectivity index (χ0v) is 11.3. The molecule has 1 fully saturated rings. The molecule has 3 heteroatoms. The highest BCUT2D eigenvalue weighted by Crippen LogP contribution is 2.43. The van der Waals surface area contributed by atoms with Gasteiger partial charge in [-0.1, -0.05) is 12.1 Å². The molecule has 1 aromatic carbocycles. The average Bonchev–Trinajstić information content (AvgIpc) is 2.79. The van der Waals surface area contributed by atoms with Gasteiger partial charge in [-0.05, 0) is 44.4 Å². The van der Waals surface area contributed by atoms with Crippen LogP contribution >= 0.6 is 0 Å². The lowest BCUT2D eigenvalue weighted by molar-refractivity contribution is 0.313. The zero-order valence-electron chi connectivity index (χ0n) is 11.3. The fraction of sp³-hybridized carbons (Fsp3) is 0.500. The van der Waals surface area contributed by atoms with Crippen LogP contribution < -0.4 is 10.1 Å². The Hall–Kier alpha value is -1.48. The van der Waals surface area contributed by atoms with Gasteiger partial charge in [0.15, 0.2) is 5.88 Å². The SMILES string of the molecule is CCOc1[nH]c2cccc3c2c1C[C@H]1NCCCC31. The van der Waals surface area contributed by atoms with E-state index < -0.39 is 0 Å². The molecule has 0 radical (unpaired) electrons. The third kappa shape index (κ3) is 1.61. The van der Waals surface area contributed by atoms with Crippen molar-refractivity contribution < 1.29 is 4.74 Å². The number of hydrogen-bond donors (Lipinski definition) is 2. The number of H-pyrrole nitrogens is 1. The molecule has 2 aliphatic rings. The van der Waals surface area contributed by atoms with E-state index >= 15 is 0 Å². The Bertz CT molecular complexity index is 616. The molecule has 0 bridgehead atoms. The smallest absolute Gasteiger partial charge is 0.195 e. The van der Waals surface area contributed by atoms with Crippen molar-refractivity contribution in [3.63, 3.8) is 0 Å². The molecule has 4 rings (SSSR count). The second-order valence-corrected chi connectivity index (χ2v) is 5.65. The summed E-state index contributed by atoms with van der Waals surface area (Å²) in [7, 11) is 0. The number of benzene rings is 1. The predicted octanol–water partition coefficient (Wildman–Crippen LogP) is 2.96. The molecule has 2 aromatic rings. The van der Waals surface area contributed by atoms with Crippen LogP contribution in [0.3, 0.4) is 0 Å². The van der Waals surface area contributed by atoms with Gasteiger partial charge in [-0.2, -0.15) is 0 Å². The second kappa shape index (κ2) is 4.27. The van der Waals surface area contributed by atoms with Crippen LogP contribution in [-0.2, 0) is 6.42 Å². The predicted molar refractivity (Wildman–Crippen MR) is 76.9 cm³/mol. The summed E-state index contributed by atoms with van der Waals surface area (Å²) < 4.78 is 5.80. The number of aromatic nitrogens is 1. The van der Waals surface area contributed by atoms with E-state index in [1.165, 1.54) is 34.9 Å². The van der Waals surface area contributed by atoms with Crippen molar-refractivity contribution in [3.05, 3.63) is 29.3 Å². The fourth-order valence-electron chi connectivity index (χ4n) is 3.85.